The number of halogens is 6. The smallest absolute Gasteiger partial charge is 0.194 e. The SMILES string of the molecule is CC(C)(C)c1cc(P(C2=C(P(c3cc(C(C)(C)C)cc(C(C)(C)C)c3)c3cc(C(C)(C)C)cc(C(C)(C)C)c3)C(F)(F)C(F)(F)C2(F)F)c2cc(C(C)(C)C)cc(C(C)(C)C)c2)cc(C(C)(C)C)c1. The Morgan fingerprint density at radius 3 is 0.493 bits per heavy atom. The van der Waals surface area contributed by atoms with E-state index in [4.69, 9.17) is 0 Å². The van der Waals surface area contributed by atoms with Crippen LogP contribution >= 0.6 is 15.8 Å². The Balaban J connectivity index is 2.26. The monoisotopic (exact) mass is 993 g/mol. The molecule has 0 nitrogen and oxygen atoms in total. The molecule has 0 radical (unpaired) electrons. The van der Waals surface area contributed by atoms with Gasteiger partial charge in [0.1, 0.15) is 0 Å². The van der Waals surface area contributed by atoms with Crippen LogP contribution < -0.4 is 21.2 Å². The van der Waals surface area contributed by atoms with Gasteiger partial charge in [-0.3, -0.25) is 0 Å². The summed E-state index contributed by atoms with van der Waals surface area (Å²) in [5, 5.41) is -0.897. The summed E-state index contributed by atoms with van der Waals surface area (Å²) < 4.78 is 108. The lowest BCUT2D eigenvalue weighted by molar-refractivity contribution is -0.261. The Hall–Kier alpha value is -2.94. The first kappa shape index (κ1) is 57.0. The van der Waals surface area contributed by atoms with Crippen LogP contribution in [0.25, 0.3) is 0 Å². The standard InChI is InChI=1S/C61H84F6P2/c1-51(2,3)37-25-38(52(4,5)6)30-45(29-37)68(46-31-39(53(7,8)9)26-40(32-46)54(10,11)12)49-50(60(64,65)61(66,67)59(49,62)63)69(47-33-41(55(13,14)15)27-42(34-47)56(16,17)18)48-35-43(57(19,20)21)28-44(36-48)58(22,23)24/h25-36H,1-24H3. The highest BCUT2D eigenvalue weighted by Crippen LogP contribution is 2.73. The lowest BCUT2D eigenvalue weighted by Gasteiger charge is -2.35. The lowest BCUT2D eigenvalue weighted by atomic mass is 9.81. The average Bonchev–Trinajstić information content (AvgIpc) is 3.25. The first-order chi connectivity index (χ1) is 30.5. The normalized spacial score (nSPS) is 17.4. The molecule has 0 aromatic heterocycles. The third-order valence-electron chi connectivity index (χ3n) is 13.7. The minimum Gasteiger partial charge on any atom is -0.194 e. The van der Waals surface area contributed by atoms with Crippen LogP contribution in [0.5, 0.6) is 0 Å². The average molecular weight is 993 g/mol. The van der Waals surface area contributed by atoms with Crippen molar-refractivity contribution in [2.45, 2.75) is 227 Å². The van der Waals surface area contributed by atoms with Crippen molar-refractivity contribution < 1.29 is 26.3 Å². The molecule has 8 heteroatoms. The summed E-state index contributed by atoms with van der Waals surface area (Å²) >= 11 is 0. The van der Waals surface area contributed by atoms with Gasteiger partial charge in [-0.05, 0) is 125 Å². The lowest BCUT2D eigenvalue weighted by Crippen LogP contribution is -2.49. The molecule has 0 spiro atoms. The van der Waals surface area contributed by atoms with Gasteiger partial charge >= 0.3 is 17.8 Å². The van der Waals surface area contributed by atoms with E-state index in [1.807, 2.05) is 215 Å². The second-order valence-corrected chi connectivity index (χ2v) is 32.5. The number of benzene rings is 4. The Morgan fingerprint density at radius 1 is 0.246 bits per heavy atom. The second-order valence-electron chi connectivity index (χ2n) is 28.2. The highest BCUT2D eigenvalue weighted by atomic mass is 31.1. The van der Waals surface area contributed by atoms with E-state index in [-0.39, 0.29) is 0 Å². The molecular weight excluding hydrogens is 909 g/mol. The van der Waals surface area contributed by atoms with E-state index in [1.165, 1.54) is 0 Å². The molecular formula is C61H84F6P2. The van der Waals surface area contributed by atoms with Crippen LogP contribution in [-0.2, 0) is 43.3 Å². The summed E-state index contributed by atoms with van der Waals surface area (Å²) in [6.45, 7) is 48.6. The number of hydrogen-bond acceptors (Lipinski definition) is 0. The molecule has 1 aliphatic carbocycles. The minimum atomic E-state index is -5.77. The molecule has 0 unspecified atom stereocenters. The minimum absolute atomic E-state index is 0.349. The van der Waals surface area contributed by atoms with Crippen molar-refractivity contribution in [1.29, 1.82) is 0 Å². The molecule has 0 heterocycles. The largest absolute Gasteiger partial charge is 0.380 e. The van der Waals surface area contributed by atoms with Gasteiger partial charge in [-0.25, -0.2) is 0 Å². The molecule has 0 fully saturated rings. The molecule has 1 aliphatic rings. The quantitative estimate of drug-likeness (QED) is 0.133. The summed E-state index contributed by atoms with van der Waals surface area (Å²) in [5.41, 5.74) is 2.40. The highest BCUT2D eigenvalue weighted by molar-refractivity contribution is 7.80. The maximum absolute atomic E-state index is 18.3. The molecule has 4 aromatic carbocycles. The van der Waals surface area contributed by atoms with Gasteiger partial charge in [0.15, 0.2) is 0 Å². The number of alkyl halides is 6. The van der Waals surface area contributed by atoms with Crippen molar-refractivity contribution in [2.75, 3.05) is 0 Å². The molecule has 69 heavy (non-hydrogen) atoms. The van der Waals surface area contributed by atoms with E-state index in [9.17, 15) is 0 Å². The fraction of sp³-hybridized carbons (Fsp3) is 0.574. The molecule has 5 rings (SSSR count). The third kappa shape index (κ3) is 11.3. The first-order valence-corrected chi connectivity index (χ1v) is 27.3. The Kier molecular flexibility index (Phi) is 14.6. The zero-order valence-electron chi connectivity index (χ0n) is 46.6. The predicted octanol–water partition coefficient (Wildman–Crippen LogP) is 17.8. The Morgan fingerprint density at radius 2 is 0.377 bits per heavy atom. The van der Waals surface area contributed by atoms with E-state index in [0.717, 1.165) is 44.5 Å². The van der Waals surface area contributed by atoms with Gasteiger partial charge in [0.25, 0.3) is 0 Å². The maximum Gasteiger partial charge on any atom is 0.380 e. The van der Waals surface area contributed by atoms with Crippen LogP contribution in [0.4, 0.5) is 26.3 Å². The summed E-state index contributed by atoms with van der Waals surface area (Å²) in [7, 11) is -5.60. The molecule has 0 amide bonds. The van der Waals surface area contributed by atoms with Gasteiger partial charge in [0.2, 0.25) is 0 Å². The van der Waals surface area contributed by atoms with E-state index in [2.05, 4.69) is 24.3 Å². The number of hydrogen-bond donors (Lipinski definition) is 0. The zero-order valence-corrected chi connectivity index (χ0v) is 48.4. The van der Waals surface area contributed by atoms with E-state index < -0.39 is 87.6 Å². The van der Waals surface area contributed by atoms with Crippen LogP contribution in [0.1, 0.15) is 211 Å². The summed E-state index contributed by atoms with van der Waals surface area (Å²) in [5.74, 6) is -16.3. The van der Waals surface area contributed by atoms with Crippen LogP contribution in [0.2, 0.25) is 0 Å². The fourth-order valence-electron chi connectivity index (χ4n) is 8.52. The topological polar surface area (TPSA) is 0 Å². The summed E-state index contributed by atoms with van der Waals surface area (Å²) in [6, 6.07) is 23.0. The van der Waals surface area contributed by atoms with Crippen molar-refractivity contribution in [3.8, 4) is 0 Å². The third-order valence-corrected chi connectivity index (χ3v) is 18.9. The number of allylic oxidation sites excluding steroid dienone is 2. The highest BCUT2D eigenvalue weighted by Gasteiger charge is 2.81. The molecule has 0 aliphatic heterocycles. The van der Waals surface area contributed by atoms with E-state index in [1.54, 1.807) is 0 Å². The van der Waals surface area contributed by atoms with Gasteiger partial charge in [0, 0.05) is 10.6 Å². The summed E-state index contributed by atoms with van der Waals surface area (Å²) in [4.78, 5) is 0. The summed E-state index contributed by atoms with van der Waals surface area (Å²) in [6.07, 6.45) is 0. The van der Waals surface area contributed by atoms with Crippen LogP contribution in [0, 0.1) is 0 Å². The van der Waals surface area contributed by atoms with Crippen LogP contribution in [0.15, 0.2) is 83.4 Å². The van der Waals surface area contributed by atoms with Gasteiger partial charge in [-0.2, -0.15) is 26.3 Å². The second kappa shape index (κ2) is 17.6. The van der Waals surface area contributed by atoms with Crippen molar-refractivity contribution >= 4 is 37.1 Å². The van der Waals surface area contributed by atoms with Crippen LogP contribution in [0.3, 0.4) is 0 Å². The molecule has 380 valence electrons. The van der Waals surface area contributed by atoms with E-state index in [0.29, 0.717) is 21.2 Å². The predicted molar refractivity (Wildman–Crippen MR) is 290 cm³/mol. The van der Waals surface area contributed by atoms with Gasteiger partial charge in [-0.1, -0.05) is 239 Å². The fourth-order valence-corrected chi connectivity index (χ4v) is 14.4. The molecule has 0 bridgehead atoms. The van der Waals surface area contributed by atoms with Gasteiger partial charge < -0.3 is 0 Å². The molecule has 0 atom stereocenters. The van der Waals surface area contributed by atoms with Crippen molar-refractivity contribution in [3.63, 3.8) is 0 Å². The van der Waals surface area contributed by atoms with Crippen molar-refractivity contribution in [2.24, 2.45) is 0 Å². The van der Waals surface area contributed by atoms with Crippen molar-refractivity contribution in [3.05, 3.63) is 128 Å². The molecule has 4 aromatic rings. The van der Waals surface area contributed by atoms with Gasteiger partial charge in [-0.15, -0.1) is 0 Å². The number of rotatable bonds is 6. The van der Waals surface area contributed by atoms with E-state index >= 15 is 26.3 Å². The molecule has 0 saturated carbocycles. The zero-order chi connectivity index (χ0) is 53.2. The Bertz CT molecular complexity index is 2150. The van der Waals surface area contributed by atoms with Crippen LogP contribution in [-0.4, -0.2) is 17.8 Å². The Labute approximate surface area is 416 Å². The molecule has 0 saturated heterocycles. The molecule has 0 N–H and O–H groups in total. The maximum atomic E-state index is 18.3. The van der Waals surface area contributed by atoms with Crippen molar-refractivity contribution in [1.82, 2.24) is 0 Å². The van der Waals surface area contributed by atoms with Gasteiger partial charge in [0.05, 0.1) is 0 Å². The first-order valence-electron chi connectivity index (χ1n) is 24.7.